The van der Waals surface area contributed by atoms with Gasteiger partial charge in [0.1, 0.15) is 0 Å². The highest BCUT2D eigenvalue weighted by Crippen LogP contribution is 2.46. The van der Waals surface area contributed by atoms with Crippen LogP contribution in [-0.2, 0) is 10.2 Å². The second-order valence-corrected chi connectivity index (χ2v) is 6.65. The fraction of sp³-hybridized carbons (Fsp3) is 0.412. The molecule has 1 fully saturated rings. The molecule has 2 aromatic rings. The summed E-state index contributed by atoms with van der Waals surface area (Å²) in [4.78, 5) is 1.34. The minimum atomic E-state index is 0.00384. The van der Waals surface area contributed by atoms with Crippen molar-refractivity contribution in [3.8, 4) is 0 Å². The minimum absolute atomic E-state index is 0.00384. The van der Waals surface area contributed by atoms with Crippen molar-refractivity contribution in [2.75, 3.05) is 13.2 Å². The molecule has 3 nitrogen and oxygen atoms in total. The maximum atomic E-state index is 6.00. The summed E-state index contributed by atoms with van der Waals surface area (Å²) in [5.74, 6) is 6.00. The van der Waals surface area contributed by atoms with E-state index in [1.807, 2.05) is 0 Å². The second-order valence-electron chi connectivity index (χ2n) is 5.70. The molecule has 0 radical (unpaired) electrons. The molecule has 2 heterocycles. The Morgan fingerprint density at radius 3 is 2.48 bits per heavy atom. The van der Waals surface area contributed by atoms with E-state index in [2.05, 4.69) is 54.1 Å². The topological polar surface area (TPSA) is 47.3 Å². The van der Waals surface area contributed by atoms with E-state index in [0.717, 1.165) is 26.1 Å². The van der Waals surface area contributed by atoms with Crippen LogP contribution in [0.25, 0.3) is 0 Å². The molecule has 0 aliphatic carbocycles. The predicted molar refractivity (Wildman–Crippen MR) is 87.3 cm³/mol. The van der Waals surface area contributed by atoms with Gasteiger partial charge in [0.15, 0.2) is 0 Å². The summed E-state index contributed by atoms with van der Waals surface area (Å²) in [6.07, 6.45) is 1.98. The minimum Gasteiger partial charge on any atom is -0.381 e. The number of ether oxygens (including phenoxy) is 1. The lowest BCUT2D eigenvalue weighted by molar-refractivity contribution is 0.0344. The van der Waals surface area contributed by atoms with Crippen LogP contribution in [0, 0.1) is 6.92 Å². The van der Waals surface area contributed by atoms with Crippen molar-refractivity contribution < 1.29 is 4.74 Å². The Balaban J connectivity index is 2.08. The van der Waals surface area contributed by atoms with Crippen LogP contribution in [-0.4, -0.2) is 13.2 Å². The Morgan fingerprint density at radius 1 is 1.19 bits per heavy atom. The summed E-state index contributed by atoms with van der Waals surface area (Å²) in [6, 6.07) is 13.0. The van der Waals surface area contributed by atoms with Gasteiger partial charge >= 0.3 is 0 Å². The standard InChI is InChI=1S/C17H22N2OS/c1-13-7-12-21-15(13)16(19-18)17(8-10-20-11-9-17)14-5-3-2-4-6-14/h2-7,12,16,19H,8-11,18H2,1H3. The number of rotatable bonds is 4. The van der Waals surface area contributed by atoms with Gasteiger partial charge < -0.3 is 4.74 Å². The van der Waals surface area contributed by atoms with E-state index in [1.165, 1.54) is 16.0 Å². The van der Waals surface area contributed by atoms with E-state index in [1.54, 1.807) is 11.3 Å². The van der Waals surface area contributed by atoms with Gasteiger partial charge in [-0.25, -0.2) is 0 Å². The molecule has 0 saturated carbocycles. The lowest BCUT2D eigenvalue weighted by Crippen LogP contribution is -2.47. The summed E-state index contributed by atoms with van der Waals surface area (Å²) >= 11 is 1.79. The molecule has 21 heavy (non-hydrogen) atoms. The number of aryl methyl sites for hydroxylation is 1. The van der Waals surface area contributed by atoms with Crippen molar-refractivity contribution in [1.29, 1.82) is 0 Å². The third-order valence-electron chi connectivity index (χ3n) is 4.62. The van der Waals surface area contributed by atoms with Gasteiger partial charge in [-0.15, -0.1) is 11.3 Å². The van der Waals surface area contributed by atoms with Gasteiger partial charge in [-0.05, 0) is 42.3 Å². The maximum Gasteiger partial charge on any atom is 0.0654 e. The van der Waals surface area contributed by atoms with Crippen LogP contribution in [0.5, 0.6) is 0 Å². The SMILES string of the molecule is Cc1ccsc1C(NN)C1(c2ccccc2)CCOCC1. The van der Waals surface area contributed by atoms with Crippen LogP contribution in [0.4, 0.5) is 0 Å². The molecule has 0 amide bonds. The van der Waals surface area contributed by atoms with Gasteiger partial charge in [-0.1, -0.05) is 30.3 Å². The summed E-state index contributed by atoms with van der Waals surface area (Å²) in [5.41, 5.74) is 5.77. The molecule has 0 bridgehead atoms. The molecule has 1 aliphatic rings. The van der Waals surface area contributed by atoms with Crippen molar-refractivity contribution in [2.24, 2.45) is 5.84 Å². The molecule has 3 rings (SSSR count). The van der Waals surface area contributed by atoms with Crippen molar-refractivity contribution in [2.45, 2.75) is 31.2 Å². The molecule has 4 heteroatoms. The summed E-state index contributed by atoms with van der Waals surface area (Å²) in [7, 11) is 0. The van der Waals surface area contributed by atoms with Gasteiger partial charge in [0.05, 0.1) is 6.04 Å². The van der Waals surface area contributed by atoms with E-state index >= 15 is 0 Å². The number of hydrazine groups is 1. The Labute approximate surface area is 130 Å². The fourth-order valence-corrected chi connectivity index (χ4v) is 4.52. The first-order valence-corrected chi connectivity index (χ1v) is 8.29. The largest absolute Gasteiger partial charge is 0.381 e. The molecular weight excluding hydrogens is 280 g/mol. The molecular formula is C17H22N2OS. The number of hydrogen-bond acceptors (Lipinski definition) is 4. The smallest absolute Gasteiger partial charge is 0.0654 e. The Morgan fingerprint density at radius 2 is 1.90 bits per heavy atom. The van der Waals surface area contributed by atoms with Gasteiger partial charge in [0.2, 0.25) is 0 Å². The third-order valence-corrected chi connectivity index (χ3v) is 5.70. The molecule has 1 saturated heterocycles. The Hall–Kier alpha value is -1.20. The molecule has 1 atom stereocenters. The van der Waals surface area contributed by atoms with E-state index in [9.17, 15) is 0 Å². The maximum absolute atomic E-state index is 6.00. The summed E-state index contributed by atoms with van der Waals surface area (Å²) in [5, 5.41) is 2.15. The molecule has 1 aromatic heterocycles. The van der Waals surface area contributed by atoms with Crippen LogP contribution in [0.15, 0.2) is 41.8 Å². The van der Waals surface area contributed by atoms with Gasteiger partial charge in [-0.3, -0.25) is 11.3 Å². The molecule has 1 aromatic carbocycles. The Bertz CT molecular complexity index is 575. The number of hydrogen-bond donors (Lipinski definition) is 2. The monoisotopic (exact) mass is 302 g/mol. The highest BCUT2D eigenvalue weighted by molar-refractivity contribution is 7.10. The van der Waals surface area contributed by atoms with Crippen molar-refractivity contribution in [3.05, 3.63) is 57.8 Å². The number of nitrogens with one attached hydrogen (secondary N) is 1. The lowest BCUT2D eigenvalue weighted by atomic mass is 9.68. The molecule has 1 unspecified atom stereocenters. The average Bonchev–Trinajstić information content (AvgIpc) is 2.96. The predicted octanol–water partition coefficient (Wildman–Crippen LogP) is 3.31. The average molecular weight is 302 g/mol. The third kappa shape index (κ3) is 2.64. The van der Waals surface area contributed by atoms with Gasteiger partial charge in [0.25, 0.3) is 0 Å². The van der Waals surface area contributed by atoms with E-state index in [-0.39, 0.29) is 11.5 Å². The summed E-state index contributed by atoms with van der Waals surface area (Å²) in [6.45, 7) is 3.74. The van der Waals surface area contributed by atoms with E-state index in [4.69, 9.17) is 10.6 Å². The van der Waals surface area contributed by atoms with Crippen molar-refractivity contribution >= 4 is 11.3 Å². The van der Waals surface area contributed by atoms with Crippen LogP contribution >= 0.6 is 11.3 Å². The quantitative estimate of drug-likeness (QED) is 0.673. The highest BCUT2D eigenvalue weighted by Gasteiger charge is 2.43. The van der Waals surface area contributed by atoms with Gasteiger partial charge in [-0.2, -0.15) is 0 Å². The number of thiophene rings is 1. The lowest BCUT2D eigenvalue weighted by Gasteiger charge is -2.43. The zero-order valence-electron chi connectivity index (χ0n) is 12.3. The first kappa shape index (κ1) is 14.7. The van der Waals surface area contributed by atoms with Crippen molar-refractivity contribution in [1.82, 2.24) is 5.43 Å². The van der Waals surface area contributed by atoms with Crippen LogP contribution in [0.2, 0.25) is 0 Å². The van der Waals surface area contributed by atoms with Crippen LogP contribution < -0.4 is 11.3 Å². The van der Waals surface area contributed by atoms with Crippen LogP contribution in [0.1, 0.15) is 34.9 Å². The molecule has 1 aliphatic heterocycles. The van der Waals surface area contributed by atoms with Crippen molar-refractivity contribution in [3.63, 3.8) is 0 Å². The zero-order chi connectivity index (χ0) is 14.7. The molecule has 112 valence electrons. The molecule has 3 N–H and O–H groups in total. The van der Waals surface area contributed by atoms with E-state index < -0.39 is 0 Å². The fourth-order valence-electron chi connectivity index (χ4n) is 3.42. The molecule has 0 spiro atoms. The Kier molecular flexibility index (Phi) is 4.40. The first-order chi connectivity index (χ1) is 10.3. The summed E-state index contributed by atoms with van der Waals surface area (Å²) < 4.78 is 5.62. The number of nitrogens with two attached hydrogens (primary N) is 1. The van der Waals surface area contributed by atoms with Crippen LogP contribution in [0.3, 0.4) is 0 Å². The van der Waals surface area contributed by atoms with Gasteiger partial charge in [0, 0.05) is 23.5 Å². The zero-order valence-corrected chi connectivity index (χ0v) is 13.2. The second kappa shape index (κ2) is 6.28. The first-order valence-electron chi connectivity index (χ1n) is 7.41. The highest BCUT2D eigenvalue weighted by atomic mass is 32.1. The number of benzene rings is 1. The van der Waals surface area contributed by atoms with E-state index in [0.29, 0.717) is 0 Å². The normalized spacial score (nSPS) is 19.3.